The molecule has 1 saturated carbocycles. The highest BCUT2D eigenvalue weighted by molar-refractivity contribution is 5.76. The molecule has 1 aliphatic rings. The van der Waals surface area contributed by atoms with Gasteiger partial charge in [0, 0.05) is 5.41 Å². The van der Waals surface area contributed by atoms with Crippen LogP contribution in [0.3, 0.4) is 0 Å². The lowest BCUT2D eigenvalue weighted by Crippen LogP contribution is -2.43. The number of rotatable bonds is 5. The van der Waals surface area contributed by atoms with E-state index in [9.17, 15) is 9.90 Å². The van der Waals surface area contributed by atoms with Crippen molar-refractivity contribution in [1.82, 2.24) is 20.2 Å². The summed E-state index contributed by atoms with van der Waals surface area (Å²) in [4.78, 5) is 11.6. The number of nitrogens with zero attached hydrogens (tertiary/aromatic N) is 4. The Kier molecular flexibility index (Phi) is 3.60. The third-order valence-corrected chi connectivity index (χ3v) is 4.80. The molecule has 1 aromatic rings. The van der Waals surface area contributed by atoms with Gasteiger partial charge in [-0.05, 0) is 43.0 Å². The maximum absolute atomic E-state index is 11.6. The normalized spacial score (nSPS) is 21.2. The Labute approximate surface area is 113 Å². The van der Waals surface area contributed by atoms with E-state index < -0.39 is 11.5 Å². The van der Waals surface area contributed by atoms with E-state index in [1.54, 1.807) is 11.6 Å². The number of carboxylic acid groups (broad SMARTS) is 1. The molecule has 0 spiro atoms. The van der Waals surface area contributed by atoms with Gasteiger partial charge < -0.3 is 5.11 Å². The maximum Gasteiger partial charge on any atom is 0.331 e. The van der Waals surface area contributed by atoms with Crippen LogP contribution in [0, 0.1) is 0 Å². The Morgan fingerprint density at radius 3 is 2.53 bits per heavy atom. The first-order valence-corrected chi connectivity index (χ1v) is 7.03. The van der Waals surface area contributed by atoms with Crippen LogP contribution in [0.1, 0.15) is 65.1 Å². The molecule has 1 fully saturated rings. The lowest BCUT2D eigenvalue weighted by atomic mass is 9.81. The van der Waals surface area contributed by atoms with Gasteiger partial charge in [0.05, 0.1) is 0 Å². The molecule has 1 unspecified atom stereocenters. The molecule has 2 rings (SSSR count). The Morgan fingerprint density at radius 1 is 1.42 bits per heavy atom. The van der Waals surface area contributed by atoms with E-state index in [0.29, 0.717) is 6.42 Å². The van der Waals surface area contributed by atoms with Crippen LogP contribution < -0.4 is 0 Å². The molecule has 1 heterocycles. The van der Waals surface area contributed by atoms with Gasteiger partial charge in [0.25, 0.3) is 0 Å². The van der Waals surface area contributed by atoms with Gasteiger partial charge in [0.1, 0.15) is 0 Å². The third kappa shape index (κ3) is 2.03. The number of carbonyl (C=O) groups is 1. The minimum Gasteiger partial charge on any atom is -0.479 e. The predicted molar refractivity (Wildman–Crippen MR) is 69.8 cm³/mol. The standard InChI is InChI=1S/C13H22N4O2/c1-4-12(3,11(18)19)17-10(14-15-16-17)13(5-2)8-6-7-9-13/h4-9H2,1-3H3,(H,18,19). The molecule has 0 radical (unpaired) electrons. The first-order valence-electron chi connectivity index (χ1n) is 7.03. The summed E-state index contributed by atoms with van der Waals surface area (Å²) in [6.45, 7) is 5.68. The lowest BCUT2D eigenvalue weighted by molar-refractivity contribution is -0.147. The monoisotopic (exact) mass is 266 g/mol. The third-order valence-electron chi connectivity index (χ3n) is 4.80. The molecular weight excluding hydrogens is 244 g/mol. The van der Waals surface area contributed by atoms with Crippen LogP contribution in [0.2, 0.25) is 0 Å². The van der Waals surface area contributed by atoms with Crippen LogP contribution in [0.5, 0.6) is 0 Å². The first-order chi connectivity index (χ1) is 9.00. The molecule has 1 aliphatic carbocycles. The van der Waals surface area contributed by atoms with Gasteiger partial charge in [-0.1, -0.05) is 26.7 Å². The van der Waals surface area contributed by atoms with Gasteiger partial charge in [-0.25, -0.2) is 9.48 Å². The Balaban J connectivity index is 2.50. The van der Waals surface area contributed by atoms with Crippen molar-refractivity contribution in [3.05, 3.63) is 5.82 Å². The van der Waals surface area contributed by atoms with Crippen LogP contribution in [0.4, 0.5) is 0 Å². The van der Waals surface area contributed by atoms with Gasteiger partial charge in [-0.15, -0.1) is 5.10 Å². The number of aliphatic carboxylic acids is 1. The summed E-state index contributed by atoms with van der Waals surface area (Å²) in [5.74, 6) is -0.132. The zero-order valence-electron chi connectivity index (χ0n) is 11.9. The van der Waals surface area contributed by atoms with Crippen molar-refractivity contribution in [2.45, 2.75) is 70.3 Å². The smallest absolute Gasteiger partial charge is 0.331 e. The van der Waals surface area contributed by atoms with E-state index in [2.05, 4.69) is 22.4 Å². The molecule has 1 atom stereocenters. The largest absolute Gasteiger partial charge is 0.479 e. The summed E-state index contributed by atoms with van der Waals surface area (Å²) in [5, 5.41) is 21.4. The fourth-order valence-corrected chi connectivity index (χ4v) is 3.03. The van der Waals surface area contributed by atoms with Crippen LogP contribution in [0.25, 0.3) is 0 Å². The van der Waals surface area contributed by atoms with Crippen LogP contribution in [0.15, 0.2) is 0 Å². The number of hydrogen-bond acceptors (Lipinski definition) is 4. The van der Waals surface area contributed by atoms with Gasteiger partial charge >= 0.3 is 5.97 Å². The molecule has 19 heavy (non-hydrogen) atoms. The SMILES string of the molecule is CCC1(c2nnnn2C(C)(CC)C(=O)O)CCCC1. The Morgan fingerprint density at radius 2 is 2.05 bits per heavy atom. The minimum absolute atomic E-state index is 0.0462. The molecular formula is C13H22N4O2. The van der Waals surface area contributed by atoms with Crippen molar-refractivity contribution in [3.63, 3.8) is 0 Å². The van der Waals surface area contributed by atoms with Crippen molar-refractivity contribution < 1.29 is 9.90 Å². The van der Waals surface area contributed by atoms with E-state index in [-0.39, 0.29) is 5.41 Å². The summed E-state index contributed by atoms with van der Waals surface area (Å²) in [5.41, 5.74) is -1.11. The zero-order valence-corrected chi connectivity index (χ0v) is 11.9. The van der Waals surface area contributed by atoms with Gasteiger partial charge in [-0.2, -0.15) is 0 Å². The molecule has 0 amide bonds. The molecule has 106 valence electrons. The molecule has 1 N–H and O–H groups in total. The van der Waals surface area contributed by atoms with Gasteiger partial charge in [0.2, 0.25) is 0 Å². The highest BCUT2D eigenvalue weighted by atomic mass is 16.4. The predicted octanol–water partition coefficient (Wildman–Crippen LogP) is 2.10. The second-order valence-corrected chi connectivity index (χ2v) is 5.69. The quantitative estimate of drug-likeness (QED) is 0.882. The number of tetrazole rings is 1. The van der Waals surface area contributed by atoms with Crippen LogP contribution in [-0.2, 0) is 15.7 Å². The Hall–Kier alpha value is -1.46. The summed E-state index contributed by atoms with van der Waals surface area (Å²) >= 11 is 0. The summed E-state index contributed by atoms with van der Waals surface area (Å²) in [6.07, 6.45) is 5.83. The maximum atomic E-state index is 11.6. The second-order valence-electron chi connectivity index (χ2n) is 5.69. The van der Waals surface area contributed by atoms with E-state index in [1.165, 1.54) is 0 Å². The number of hydrogen-bond donors (Lipinski definition) is 1. The molecule has 0 aliphatic heterocycles. The summed E-state index contributed by atoms with van der Waals surface area (Å²) in [6, 6.07) is 0. The van der Waals surface area contributed by atoms with Crippen molar-refractivity contribution in [2.75, 3.05) is 0 Å². The zero-order chi connectivity index (χ0) is 14.1. The van der Waals surface area contributed by atoms with Crippen LogP contribution >= 0.6 is 0 Å². The highest BCUT2D eigenvalue weighted by Crippen LogP contribution is 2.43. The molecule has 0 aromatic carbocycles. The molecule has 6 heteroatoms. The van der Waals surface area contributed by atoms with E-state index in [4.69, 9.17) is 0 Å². The van der Waals surface area contributed by atoms with Gasteiger partial charge in [-0.3, -0.25) is 0 Å². The fraction of sp³-hybridized carbons (Fsp3) is 0.846. The van der Waals surface area contributed by atoms with Crippen molar-refractivity contribution in [1.29, 1.82) is 0 Å². The van der Waals surface area contributed by atoms with Gasteiger partial charge in [0.15, 0.2) is 11.4 Å². The lowest BCUT2D eigenvalue weighted by Gasteiger charge is -2.31. The molecule has 6 nitrogen and oxygen atoms in total. The van der Waals surface area contributed by atoms with Crippen molar-refractivity contribution >= 4 is 5.97 Å². The fourth-order valence-electron chi connectivity index (χ4n) is 3.03. The van der Waals surface area contributed by atoms with Crippen molar-refractivity contribution in [2.24, 2.45) is 0 Å². The number of aromatic nitrogens is 4. The van der Waals surface area contributed by atoms with E-state index >= 15 is 0 Å². The second kappa shape index (κ2) is 4.90. The van der Waals surface area contributed by atoms with E-state index in [1.807, 2.05) is 6.92 Å². The van der Waals surface area contributed by atoms with Crippen LogP contribution in [-0.4, -0.2) is 31.3 Å². The topological polar surface area (TPSA) is 80.9 Å². The minimum atomic E-state index is -1.07. The van der Waals surface area contributed by atoms with E-state index in [0.717, 1.165) is 37.9 Å². The average molecular weight is 266 g/mol. The average Bonchev–Trinajstić information content (AvgIpc) is 3.06. The molecule has 0 bridgehead atoms. The van der Waals surface area contributed by atoms with Crippen molar-refractivity contribution in [3.8, 4) is 0 Å². The number of carboxylic acids is 1. The summed E-state index contributed by atoms with van der Waals surface area (Å²) in [7, 11) is 0. The molecule has 1 aromatic heterocycles. The summed E-state index contributed by atoms with van der Waals surface area (Å²) < 4.78 is 1.55. The first kappa shape index (κ1) is 14.0. The molecule has 0 saturated heterocycles. The Bertz CT molecular complexity index is 465. The highest BCUT2D eigenvalue weighted by Gasteiger charge is 2.44.